The molecule has 59 heavy (non-hydrogen) atoms. The van der Waals surface area contributed by atoms with E-state index in [2.05, 4.69) is 98.9 Å². The average molecular weight is 825 g/mol. The molecule has 0 fully saturated rings. The van der Waals surface area contributed by atoms with Crippen LogP contribution in [0, 0.1) is 0 Å². The van der Waals surface area contributed by atoms with Gasteiger partial charge in [-0.3, -0.25) is 9.59 Å². The molecular weight excluding hydrogens is 739 g/mol. The Bertz CT molecular complexity index is 1240. The number of aliphatic carboxylic acids is 1. The van der Waals surface area contributed by atoms with Gasteiger partial charge in [0.15, 0.2) is 12.1 Å². The number of rotatable bonds is 40. The van der Waals surface area contributed by atoms with Gasteiger partial charge in [-0.1, -0.05) is 150 Å². The Morgan fingerprint density at radius 1 is 0.508 bits per heavy atom. The predicted octanol–water partition coefficient (Wildman–Crippen LogP) is 12.9. The highest BCUT2D eigenvalue weighted by Crippen LogP contribution is 2.14. The molecular formula is C51H86NO7+. The Morgan fingerprint density at radius 3 is 1.34 bits per heavy atom. The van der Waals surface area contributed by atoms with Crippen LogP contribution in [-0.2, 0) is 28.6 Å². The molecule has 336 valence electrons. The van der Waals surface area contributed by atoms with Crippen LogP contribution in [0.2, 0.25) is 0 Å². The number of carboxylic acid groups (broad SMARTS) is 1. The molecule has 0 radical (unpaired) electrons. The van der Waals surface area contributed by atoms with Crippen molar-refractivity contribution in [2.24, 2.45) is 0 Å². The van der Waals surface area contributed by atoms with Crippen molar-refractivity contribution in [2.45, 2.75) is 180 Å². The van der Waals surface area contributed by atoms with E-state index in [0.717, 1.165) is 96.3 Å². The summed E-state index contributed by atoms with van der Waals surface area (Å²) in [6.45, 7) is 4.46. The van der Waals surface area contributed by atoms with E-state index in [1.165, 1.54) is 38.5 Å². The van der Waals surface area contributed by atoms with Gasteiger partial charge in [0.1, 0.15) is 6.61 Å². The number of nitrogens with zero attached hydrogens (tertiary/aromatic N) is 1. The van der Waals surface area contributed by atoms with E-state index in [1.807, 2.05) is 21.1 Å². The van der Waals surface area contributed by atoms with Crippen LogP contribution in [0.4, 0.5) is 0 Å². The van der Waals surface area contributed by atoms with Crippen LogP contribution < -0.4 is 0 Å². The number of quaternary nitrogens is 1. The number of carbonyl (C=O) groups is 3. The highest BCUT2D eigenvalue weighted by atomic mass is 16.6. The molecule has 8 heteroatoms. The van der Waals surface area contributed by atoms with E-state index in [9.17, 15) is 19.5 Å². The first-order valence-corrected chi connectivity index (χ1v) is 23.1. The van der Waals surface area contributed by atoms with E-state index < -0.39 is 18.1 Å². The van der Waals surface area contributed by atoms with Crippen LogP contribution in [0.3, 0.4) is 0 Å². The Balaban J connectivity index is 4.38. The van der Waals surface area contributed by atoms with Crippen molar-refractivity contribution in [3.8, 4) is 0 Å². The lowest BCUT2D eigenvalue weighted by Crippen LogP contribution is -2.50. The molecule has 0 aliphatic rings. The van der Waals surface area contributed by atoms with Crippen molar-refractivity contribution < 1.29 is 38.2 Å². The van der Waals surface area contributed by atoms with Crippen molar-refractivity contribution in [3.05, 3.63) is 85.1 Å². The molecule has 0 aromatic carbocycles. The second-order valence-corrected chi connectivity index (χ2v) is 16.2. The summed E-state index contributed by atoms with van der Waals surface area (Å²) in [7, 11) is 5.51. The normalized spacial score (nSPS) is 13.7. The van der Waals surface area contributed by atoms with Crippen LogP contribution in [0.5, 0.6) is 0 Å². The zero-order valence-electron chi connectivity index (χ0n) is 38.2. The van der Waals surface area contributed by atoms with Crippen molar-refractivity contribution in [2.75, 3.05) is 41.0 Å². The van der Waals surface area contributed by atoms with Crippen molar-refractivity contribution in [1.29, 1.82) is 0 Å². The fraction of sp³-hybridized carbons (Fsp3) is 0.667. The van der Waals surface area contributed by atoms with E-state index in [4.69, 9.17) is 14.2 Å². The van der Waals surface area contributed by atoms with Gasteiger partial charge in [0, 0.05) is 19.3 Å². The molecule has 2 unspecified atom stereocenters. The summed E-state index contributed by atoms with van der Waals surface area (Å²) in [5.74, 6) is -1.52. The van der Waals surface area contributed by atoms with Crippen molar-refractivity contribution in [1.82, 2.24) is 0 Å². The second kappa shape index (κ2) is 41.3. The number of likely N-dealkylation sites (N-methyl/N-ethyl adjacent to an activating group) is 1. The lowest BCUT2D eigenvalue weighted by molar-refractivity contribution is -0.887. The van der Waals surface area contributed by atoms with Gasteiger partial charge in [0.05, 0.1) is 34.4 Å². The summed E-state index contributed by atoms with van der Waals surface area (Å²) < 4.78 is 17.3. The molecule has 0 saturated carbocycles. The fourth-order valence-corrected chi connectivity index (χ4v) is 6.27. The van der Waals surface area contributed by atoms with Gasteiger partial charge in [-0.15, -0.1) is 0 Å². The molecule has 0 amide bonds. The third-order valence-electron chi connectivity index (χ3n) is 9.79. The van der Waals surface area contributed by atoms with Gasteiger partial charge in [-0.05, 0) is 83.5 Å². The lowest BCUT2D eigenvalue weighted by atomic mass is 10.1. The standard InChI is InChI=1S/C51H85NO7/c1-6-8-10-12-14-16-18-20-22-24-25-26-28-30-32-34-36-38-40-42-50(54)59-47(45-57-44-43-48(51(55)56)52(3,4)5)46-58-49(53)41-39-37-35-33-31-29-27-23-21-19-17-15-13-11-9-7-2/h8-11,14-17,20-23,29,31,47-48H,6-7,12-13,18-19,24-28,30,32-46H2,1-5H3/p+1/b10-8+,11-9+,16-14+,17-15+,22-20+,23-21+,31-29+. The number of hydrogen-bond acceptors (Lipinski definition) is 6. The first-order chi connectivity index (χ1) is 28.6. The third kappa shape index (κ3) is 39.7. The Labute approximate surface area is 361 Å². The van der Waals surface area contributed by atoms with Crippen LogP contribution in [0.15, 0.2) is 85.1 Å². The molecule has 2 atom stereocenters. The highest BCUT2D eigenvalue weighted by Gasteiger charge is 2.31. The molecule has 0 heterocycles. The molecule has 8 nitrogen and oxygen atoms in total. The summed E-state index contributed by atoms with van der Waals surface area (Å²) in [6.07, 6.45) is 53.4. The molecule has 0 spiro atoms. The fourth-order valence-electron chi connectivity index (χ4n) is 6.27. The van der Waals surface area contributed by atoms with E-state index >= 15 is 0 Å². The van der Waals surface area contributed by atoms with Crippen LogP contribution >= 0.6 is 0 Å². The van der Waals surface area contributed by atoms with Gasteiger partial charge in [-0.25, -0.2) is 4.79 Å². The summed E-state index contributed by atoms with van der Waals surface area (Å²) >= 11 is 0. The van der Waals surface area contributed by atoms with Crippen LogP contribution in [-0.4, -0.2) is 80.6 Å². The number of allylic oxidation sites excluding steroid dienone is 14. The molecule has 0 aromatic heterocycles. The average Bonchev–Trinajstić information content (AvgIpc) is 3.19. The first kappa shape index (κ1) is 55.5. The summed E-state index contributed by atoms with van der Waals surface area (Å²) in [4.78, 5) is 37.0. The van der Waals surface area contributed by atoms with Gasteiger partial charge >= 0.3 is 17.9 Å². The minimum absolute atomic E-state index is 0.0439. The van der Waals surface area contributed by atoms with Crippen LogP contribution in [0.1, 0.15) is 168 Å². The maximum atomic E-state index is 12.8. The zero-order valence-corrected chi connectivity index (χ0v) is 38.2. The predicted molar refractivity (Wildman–Crippen MR) is 247 cm³/mol. The number of carbonyl (C=O) groups excluding carboxylic acids is 2. The Hall–Kier alpha value is -3.49. The second-order valence-electron chi connectivity index (χ2n) is 16.2. The van der Waals surface area contributed by atoms with Gasteiger partial charge < -0.3 is 23.8 Å². The summed E-state index contributed by atoms with van der Waals surface area (Å²) in [5.41, 5.74) is 0. The topological polar surface area (TPSA) is 99.1 Å². The highest BCUT2D eigenvalue weighted by molar-refractivity contribution is 5.72. The Kier molecular flexibility index (Phi) is 38.8. The molecule has 0 bridgehead atoms. The Morgan fingerprint density at radius 2 is 0.898 bits per heavy atom. The molecule has 0 aliphatic heterocycles. The van der Waals surface area contributed by atoms with Crippen molar-refractivity contribution >= 4 is 17.9 Å². The lowest BCUT2D eigenvalue weighted by Gasteiger charge is -2.31. The number of hydrogen-bond donors (Lipinski definition) is 1. The number of ether oxygens (including phenoxy) is 3. The third-order valence-corrected chi connectivity index (χ3v) is 9.79. The molecule has 0 saturated heterocycles. The quantitative estimate of drug-likeness (QED) is 0.0284. The van der Waals surface area contributed by atoms with Gasteiger partial charge in [0.25, 0.3) is 0 Å². The minimum atomic E-state index is -0.884. The summed E-state index contributed by atoms with van der Waals surface area (Å²) in [6, 6.07) is -0.625. The van der Waals surface area contributed by atoms with Gasteiger partial charge in [0.2, 0.25) is 0 Å². The maximum absolute atomic E-state index is 12.8. The van der Waals surface area contributed by atoms with Crippen LogP contribution in [0.25, 0.3) is 0 Å². The van der Waals surface area contributed by atoms with E-state index in [0.29, 0.717) is 19.3 Å². The molecule has 0 aliphatic carbocycles. The first-order valence-electron chi connectivity index (χ1n) is 23.1. The summed E-state index contributed by atoms with van der Waals surface area (Å²) in [5, 5.41) is 9.63. The van der Waals surface area contributed by atoms with Gasteiger partial charge in [-0.2, -0.15) is 0 Å². The number of unbranched alkanes of at least 4 members (excludes halogenated alkanes) is 12. The zero-order chi connectivity index (χ0) is 43.5. The molecule has 0 aromatic rings. The molecule has 1 N–H and O–H groups in total. The molecule has 0 rings (SSSR count). The number of carboxylic acids is 1. The smallest absolute Gasteiger partial charge is 0.362 e. The van der Waals surface area contributed by atoms with E-state index in [-0.39, 0.29) is 36.2 Å². The minimum Gasteiger partial charge on any atom is -0.477 e. The van der Waals surface area contributed by atoms with E-state index in [1.54, 1.807) is 0 Å². The monoisotopic (exact) mass is 825 g/mol. The SMILES string of the molecule is CC/C=C/C/C=C/C/C=C/C/C=C/CCCCCC(=O)OCC(COCCC(C(=O)O)[N+](C)(C)C)OC(=O)CCCCCCCCCCC/C=C/C/C=C/C/C=C/CC. The largest absolute Gasteiger partial charge is 0.477 e. The maximum Gasteiger partial charge on any atom is 0.362 e. The van der Waals surface area contributed by atoms with Crippen molar-refractivity contribution in [3.63, 3.8) is 0 Å². The number of esters is 2.